The van der Waals surface area contributed by atoms with Crippen LogP contribution in [-0.4, -0.2) is 21.1 Å². The molecular weight excluding hydrogens is 256 g/mol. The van der Waals surface area contributed by atoms with Crippen molar-refractivity contribution < 1.29 is 13.2 Å². The monoisotopic (exact) mass is 268 g/mol. The predicted octanol–water partition coefficient (Wildman–Crippen LogP) is 2.56. The number of benzene rings is 1. The van der Waals surface area contributed by atoms with E-state index in [-0.39, 0.29) is 0 Å². The van der Waals surface area contributed by atoms with Gasteiger partial charge in [0.1, 0.15) is 0 Å². The van der Waals surface area contributed by atoms with E-state index in [1.165, 1.54) is 0 Å². The van der Waals surface area contributed by atoms with Crippen molar-refractivity contribution >= 4 is 19.4 Å². The SMILES string of the molecule is CCc1ccccc1[Se]CC(F)(F)F. The van der Waals surface area contributed by atoms with Gasteiger partial charge in [0.05, 0.1) is 0 Å². The molecule has 0 saturated carbocycles. The molecule has 4 heteroatoms. The van der Waals surface area contributed by atoms with Gasteiger partial charge in [-0.1, -0.05) is 0 Å². The molecule has 0 heterocycles. The van der Waals surface area contributed by atoms with Crippen LogP contribution >= 0.6 is 0 Å². The van der Waals surface area contributed by atoms with Crippen LogP contribution in [0.4, 0.5) is 13.2 Å². The van der Waals surface area contributed by atoms with Crippen molar-refractivity contribution in [1.82, 2.24) is 0 Å². The number of hydrogen-bond acceptors (Lipinski definition) is 0. The molecule has 0 radical (unpaired) electrons. The van der Waals surface area contributed by atoms with Gasteiger partial charge in [0.25, 0.3) is 0 Å². The van der Waals surface area contributed by atoms with E-state index in [1.807, 2.05) is 19.1 Å². The first-order valence-electron chi connectivity index (χ1n) is 4.30. The molecule has 0 fully saturated rings. The number of halogens is 3. The summed E-state index contributed by atoms with van der Waals surface area (Å²) in [5.74, 6) is 0. The maximum absolute atomic E-state index is 12.0. The first-order chi connectivity index (χ1) is 6.53. The molecule has 0 atom stereocenters. The van der Waals surface area contributed by atoms with Gasteiger partial charge in [0.2, 0.25) is 0 Å². The Balaban J connectivity index is 2.67. The standard InChI is InChI=1S/C10H11F3Se/c1-2-8-5-3-4-6-9(8)14-7-10(11,12)13/h3-6H,2,7H2,1H3. The molecular formula is C10H11F3Se. The summed E-state index contributed by atoms with van der Waals surface area (Å²) >= 11 is -0.481. The van der Waals surface area contributed by atoms with Gasteiger partial charge >= 0.3 is 87.3 Å². The molecule has 0 aromatic heterocycles. The fourth-order valence-electron chi connectivity index (χ4n) is 1.10. The van der Waals surface area contributed by atoms with Gasteiger partial charge in [0.15, 0.2) is 0 Å². The average Bonchev–Trinajstić information content (AvgIpc) is 2.14. The van der Waals surface area contributed by atoms with E-state index in [0.717, 1.165) is 16.4 Å². The summed E-state index contributed by atoms with van der Waals surface area (Å²) in [6, 6.07) is 7.36. The Morgan fingerprint density at radius 3 is 2.43 bits per heavy atom. The number of alkyl halides is 3. The van der Waals surface area contributed by atoms with Gasteiger partial charge in [-0.15, -0.1) is 0 Å². The van der Waals surface area contributed by atoms with E-state index in [9.17, 15) is 13.2 Å². The minimum absolute atomic E-state index is 0.481. The van der Waals surface area contributed by atoms with E-state index in [1.54, 1.807) is 12.1 Å². The molecule has 1 aromatic rings. The first kappa shape index (κ1) is 11.6. The molecule has 0 saturated heterocycles. The van der Waals surface area contributed by atoms with Crippen LogP contribution in [0.5, 0.6) is 0 Å². The molecule has 0 aliphatic carbocycles. The summed E-state index contributed by atoms with van der Waals surface area (Å²) in [7, 11) is 0. The topological polar surface area (TPSA) is 0 Å². The number of aryl methyl sites for hydroxylation is 1. The molecule has 0 nitrogen and oxygen atoms in total. The van der Waals surface area contributed by atoms with Crippen LogP contribution in [0.25, 0.3) is 0 Å². The van der Waals surface area contributed by atoms with Crippen LogP contribution in [-0.2, 0) is 6.42 Å². The molecule has 0 amide bonds. The Kier molecular flexibility index (Phi) is 4.02. The van der Waals surface area contributed by atoms with Crippen LogP contribution in [0.2, 0.25) is 5.32 Å². The van der Waals surface area contributed by atoms with Crippen molar-refractivity contribution in [1.29, 1.82) is 0 Å². The summed E-state index contributed by atoms with van der Waals surface area (Å²) in [5.41, 5.74) is 1.04. The molecule has 0 bridgehead atoms. The summed E-state index contributed by atoms with van der Waals surface area (Å²) in [4.78, 5) is 0. The summed E-state index contributed by atoms with van der Waals surface area (Å²) in [6.07, 6.45) is -3.23. The summed E-state index contributed by atoms with van der Waals surface area (Å²) in [5, 5.41) is -0.670. The Bertz CT molecular complexity index is 294. The third-order valence-electron chi connectivity index (χ3n) is 1.74. The molecule has 0 spiro atoms. The van der Waals surface area contributed by atoms with Crippen molar-refractivity contribution in [2.24, 2.45) is 0 Å². The third kappa shape index (κ3) is 3.72. The Hall–Kier alpha value is -0.471. The van der Waals surface area contributed by atoms with Crippen LogP contribution < -0.4 is 4.46 Å². The second-order valence-electron chi connectivity index (χ2n) is 2.87. The normalized spacial score (nSPS) is 11.7. The van der Waals surface area contributed by atoms with Gasteiger partial charge in [-0.25, -0.2) is 0 Å². The molecule has 0 aliphatic heterocycles. The van der Waals surface area contributed by atoms with Gasteiger partial charge in [-0.2, -0.15) is 0 Å². The molecule has 0 N–H and O–H groups in total. The zero-order valence-electron chi connectivity index (χ0n) is 7.77. The van der Waals surface area contributed by atoms with E-state index < -0.39 is 26.5 Å². The molecule has 1 rings (SSSR count). The molecule has 1 aromatic carbocycles. The Labute approximate surface area is 87.7 Å². The van der Waals surface area contributed by atoms with E-state index >= 15 is 0 Å². The Morgan fingerprint density at radius 2 is 1.86 bits per heavy atom. The molecule has 14 heavy (non-hydrogen) atoms. The van der Waals surface area contributed by atoms with Crippen molar-refractivity contribution in [3.8, 4) is 0 Å². The Morgan fingerprint density at radius 1 is 1.21 bits per heavy atom. The zero-order valence-corrected chi connectivity index (χ0v) is 9.48. The fraction of sp³-hybridized carbons (Fsp3) is 0.400. The van der Waals surface area contributed by atoms with E-state index in [4.69, 9.17) is 0 Å². The quantitative estimate of drug-likeness (QED) is 0.738. The van der Waals surface area contributed by atoms with Gasteiger partial charge < -0.3 is 0 Å². The minimum atomic E-state index is -4.03. The van der Waals surface area contributed by atoms with Gasteiger partial charge in [-0.3, -0.25) is 0 Å². The van der Waals surface area contributed by atoms with E-state index in [2.05, 4.69) is 0 Å². The fourth-order valence-corrected chi connectivity index (χ4v) is 2.97. The van der Waals surface area contributed by atoms with Crippen LogP contribution in [0.15, 0.2) is 24.3 Å². The zero-order chi connectivity index (χ0) is 10.6. The van der Waals surface area contributed by atoms with Gasteiger partial charge in [-0.05, 0) is 0 Å². The van der Waals surface area contributed by atoms with Gasteiger partial charge in [0, 0.05) is 0 Å². The second-order valence-corrected chi connectivity index (χ2v) is 5.00. The molecule has 0 aliphatic rings. The molecule has 78 valence electrons. The number of rotatable bonds is 3. The summed E-state index contributed by atoms with van der Waals surface area (Å²) in [6.45, 7) is 1.96. The van der Waals surface area contributed by atoms with Crippen LogP contribution in [0, 0.1) is 0 Å². The van der Waals surface area contributed by atoms with Crippen molar-refractivity contribution in [2.45, 2.75) is 24.8 Å². The van der Waals surface area contributed by atoms with Crippen molar-refractivity contribution in [3.63, 3.8) is 0 Å². The van der Waals surface area contributed by atoms with Crippen LogP contribution in [0.1, 0.15) is 12.5 Å². The van der Waals surface area contributed by atoms with Crippen molar-refractivity contribution in [2.75, 3.05) is 0 Å². The van der Waals surface area contributed by atoms with E-state index in [0.29, 0.717) is 0 Å². The van der Waals surface area contributed by atoms with Crippen molar-refractivity contribution in [3.05, 3.63) is 29.8 Å². The average molecular weight is 267 g/mol. The molecule has 0 unspecified atom stereocenters. The maximum atomic E-state index is 12.0. The summed E-state index contributed by atoms with van der Waals surface area (Å²) < 4.78 is 36.9. The predicted molar refractivity (Wildman–Crippen MR) is 52.1 cm³/mol. The second kappa shape index (κ2) is 4.85. The number of hydrogen-bond donors (Lipinski definition) is 0. The van der Waals surface area contributed by atoms with Crippen LogP contribution in [0.3, 0.4) is 0 Å². The first-order valence-corrected chi connectivity index (χ1v) is 6.37. The third-order valence-corrected chi connectivity index (χ3v) is 4.22.